The number of hydrogen-bond acceptors (Lipinski definition) is 2. The zero-order valence-corrected chi connectivity index (χ0v) is 11.1. The lowest BCUT2D eigenvalue weighted by Gasteiger charge is -2.27. The average molecular weight is 275 g/mol. The first kappa shape index (κ1) is 13.1. The molecule has 0 aliphatic heterocycles. The Morgan fingerprint density at radius 3 is 2.50 bits per heavy atom. The maximum absolute atomic E-state index is 14.1. The van der Waals surface area contributed by atoms with Gasteiger partial charge in [0, 0.05) is 5.56 Å². The lowest BCUT2D eigenvalue weighted by molar-refractivity contribution is 0.411. The number of nitrogens with two attached hydrogens (primary N) is 1. The molecule has 0 spiro atoms. The number of fused-ring (bicyclic) bond motifs is 1. The number of benzene rings is 2. The number of halogens is 2. The molecule has 0 fully saturated rings. The van der Waals surface area contributed by atoms with Crippen molar-refractivity contribution in [2.45, 2.75) is 18.4 Å². The molecule has 1 aliphatic rings. The van der Waals surface area contributed by atoms with E-state index in [0.29, 0.717) is 18.6 Å². The molecule has 3 rings (SSSR count). The highest BCUT2D eigenvalue weighted by molar-refractivity contribution is 5.50. The monoisotopic (exact) mass is 275 g/mol. The fourth-order valence-electron chi connectivity index (χ4n) is 2.97. The second kappa shape index (κ2) is 4.56. The Hall–Kier alpha value is -1.94. The molecule has 4 heteroatoms. The van der Waals surface area contributed by atoms with Gasteiger partial charge in [-0.25, -0.2) is 8.78 Å². The molecule has 20 heavy (non-hydrogen) atoms. The Balaban J connectivity index is 2.21. The second-order valence-corrected chi connectivity index (χ2v) is 5.09. The molecular weight excluding hydrogens is 260 g/mol. The van der Waals surface area contributed by atoms with Gasteiger partial charge in [-0.3, -0.25) is 0 Å². The van der Waals surface area contributed by atoms with E-state index in [-0.39, 0.29) is 5.56 Å². The maximum Gasteiger partial charge on any atom is 0.131 e. The van der Waals surface area contributed by atoms with Gasteiger partial charge in [0.15, 0.2) is 0 Å². The summed E-state index contributed by atoms with van der Waals surface area (Å²) in [6, 6.07) is 9.34. The van der Waals surface area contributed by atoms with Crippen molar-refractivity contribution in [1.82, 2.24) is 0 Å². The molecule has 2 aromatic rings. The van der Waals surface area contributed by atoms with Crippen LogP contribution < -0.4 is 10.5 Å². The van der Waals surface area contributed by atoms with E-state index >= 15 is 0 Å². The molecule has 2 nitrogen and oxygen atoms in total. The number of hydrogen-bond donors (Lipinski definition) is 1. The Kier molecular flexibility index (Phi) is 2.98. The lowest BCUT2D eigenvalue weighted by Crippen LogP contribution is -2.37. The Bertz CT molecular complexity index is 651. The van der Waals surface area contributed by atoms with Crippen LogP contribution in [-0.4, -0.2) is 7.11 Å². The molecule has 0 saturated heterocycles. The van der Waals surface area contributed by atoms with Crippen molar-refractivity contribution >= 4 is 0 Å². The van der Waals surface area contributed by atoms with Crippen LogP contribution in [0.15, 0.2) is 36.4 Å². The lowest BCUT2D eigenvalue weighted by atomic mass is 9.84. The largest absolute Gasteiger partial charge is 0.497 e. The van der Waals surface area contributed by atoms with Crippen LogP contribution in [0.2, 0.25) is 0 Å². The zero-order valence-electron chi connectivity index (χ0n) is 11.1. The van der Waals surface area contributed by atoms with Crippen molar-refractivity contribution in [2.24, 2.45) is 5.73 Å². The van der Waals surface area contributed by atoms with Crippen molar-refractivity contribution < 1.29 is 13.5 Å². The van der Waals surface area contributed by atoms with Crippen LogP contribution in [0, 0.1) is 11.6 Å². The van der Waals surface area contributed by atoms with E-state index in [4.69, 9.17) is 10.5 Å². The number of rotatable bonds is 2. The number of ether oxygens (including phenoxy) is 1. The van der Waals surface area contributed by atoms with Gasteiger partial charge >= 0.3 is 0 Å². The fraction of sp³-hybridized carbons (Fsp3) is 0.250. The van der Waals surface area contributed by atoms with Crippen LogP contribution in [0.25, 0.3) is 0 Å². The van der Waals surface area contributed by atoms with Crippen LogP contribution in [0.1, 0.15) is 23.1 Å². The highest BCUT2D eigenvalue weighted by Gasteiger charge is 2.40. The van der Waals surface area contributed by atoms with Crippen molar-refractivity contribution in [1.29, 1.82) is 0 Å². The molecular formula is C16H15F2NO. The highest BCUT2D eigenvalue weighted by atomic mass is 19.1. The van der Waals surface area contributed by atoms with E-state index < -0.39 is 17.2 Å². The molecule has 0 aromatic heterocycles. The Labute approximate surface area is 116 Å². The van der Waals surface area contributed by atoms with Gasteiger partial charge in [0.2, 0.25) is 0 Å². The minimum atomic E-state index is -1.14. The smallest absolute Gasteiger partial charge is 0.131 e. The summed E-state index contributed by atoms with van der Waals surface area (Å²) in [5.74, 6) is -0.580. The zero-order chi connectivity index (χ0) is 14.3. The van der Waals surface area contributed by atoms with E-state index in [1.165, 1.54) is 18.2 Å². The van der Waals surface area contributed by atoms with Crippen molar-refractivity contribution in [3.05, 3.63) is 64.7 Å². The van der Waals surface area contributed by atoms with Crippen molar-refractivity contribution in [3.8, 4) is 5.75 Å². The summed E-state index contributed by atoms with van der Waals surface area (Å²) in [5.41, 5.74) is 6.93. The summed E-state index contributed by atoms with van der Waals surface area (Å²) in [7, 11) is 1.55. The van der Waals surface area contributed by atoms with Crippen molar-refractivity contribution in [3.63, 3.8) is 0 Å². The van der Waals surface area contributed by atoms with E-state index in [2.05, 4.69) is 0 Å². The molecule has 1 aliphatic carbocycles. The van der Waals surface area contributed by atoms with Gasteiger partial charge in [0.1, 0.15) is 17.4 Å². The van der Waals surface area contributed by atoms with Gasteiger partial charge < -0.3 is 10.5 Å². The maximum atomic E-state index is 14.1. The molecule has 0 amide bonds. The van der Waals surface area contributed by atoms with Crippen LogP contribution in [0.5, 0.6) is 5.75 Å². The first-order valence-electron chi connectivity index (χ1n) is 6.47. The second-order valence-electron chi connectivity index (χ2n) is 5.09. The van der Waals surface area contributed by atoms with Gasteiger partial charge in [0.05, 0.1) is 12.6 Å². The number of methoxy groups -OCH3 is 1. The first-order chi connectivity index (χ1) is 9.56. The molecule has 2 N–H and O–H groups in total. The first-order valence-corrected chi connectivity index (χ1v) is 6.47. The summed E-state index contributed by atoms with van der Waals surface area (Å²) < 4.78 is 33.3. The minimum absolute atomic E-state index is 0.0630. The van der Waals surface area contributed by atoms with Crippen LogP contribution in [0.3, 0.4) is 0 Å². The summed E-state index contributed by atoms with van der Waals surface area (Å²) in [6.45, 7) is 0. The van der Waals surface area contributed by atoms with Gasteiger partial charge in [-0.15, -0.1) is 0 Å². The van der Waals surface area contributed by atoms with Crippen LogP contribution in [0.4, 0.5) is 8.78 Å². The Morgan fingerprint density at radius 1 is 1.15 bits per heavy atom. The molecule has 1 atom stereocenters. The standard InChI is InChI=1S/C16H15F2NO/c1-20-11-6-5-10-7-8-16(19,12(10)9-11)15-13(17)3-2-4-14(15)18/h2-6,9H,7-8,19H2,1H3. The predicted octanol–water partition coefficient (Wildman–Crippen LogP) is 3.12. The van der Waals surface area contributed by atoms with Gasteiger partial charge in [-0.2, -0.15) is 0 Å². The van der Waals surface area contributed by atoms with E-state index in [9.17, 15) is 8.78 Å². The molecule has 0 bridgehead atoms. The molecule has 1 unspecified atom stereocenters. The quantitative estimate of drug-likeness (QED) is 0.914. The average Bonchev–Trinajstić information content (AvgIpc) is 2.76. The summed E-state index contributed by atoms with van der Waals surface area (Å²) in [5, 5.41) is 0. The van der Waals surface area contributed by atoms with Crippen LogP contribution in [-0.2, 0) is 12.0 Å². The molecule has 0 heterocycles. The topological polar surface area (TPSA) is 35.2 Å². The predicted molar refractivity (Wildman–Crippen MR) is 72.6 cm³/mol. The Morgan fingerprint density at radius 2 is 1.85 bits per heavy atom. The van der Waals surface area contributed by atoms with Crippen LogP contribution >= 0.6 is 0 Å². The summed E-state index contributed by atoms with van der Waals surface area (Å²) >= 11 is 0. The number of aryl methyl sites for hydroxylation is 1. The molecule has 0 saturated carbocycles. The van der Waals surface area contributed by atoms with E-state index in [1.807, 2.05) is 12.1 Å². The molecule has 104 valence electrons. The molecule has 2 aromatic carbocycles. The third-order valence-corrected chi connectivity index (χ3v) is 4.00. The highest BCUT2D eigenvalue weighted by Crippen LogP contribution is 2.43. The normalized spacial score (nSPS) is 20.8. The third-order valence-electron chi connectivity index (χ3n) is 4.00. The van der Waals surface area contributed by atoms with E-state index in [0.717, 1.165) is 11.1 Å². The summed E-state index contributed by atoms with van der Waals surface area (Å²) in [4.78, 5) is 0. The summed E-state index contributed by atoms with van der Waals surface area (Å²) in [6.07, 6.45) is 1.18. The van der Waals surface area contributed by atoms with E-state index in [1.54, 1.807) is 13.2 Å². The van der Waals surface area contributed by atoms with Gasteiger partial charge in [0.25, 0.3) is 0 Å². The van der Waals surface area contributed by atoms with Crippen molar-refractivity contribution in [2.75, 3.05) is 7.11 Å². The molecule has 0 radical (unpaired) electrons. The SMILES string of the molecule is COc1ccc2c(c1)C(N)(c1c(F)cccc1F)CC2. The van der Waals surface area contributed by atoms with Gasteiger partial charge in [-0.1, -0.05) is 12.1 Å². The third kappa shape index (κ3) is 1.79. The van der Waals surface area contributed by atoms with Gasteiger partial charge in [-0.05, 0) is 48.2 Å². The minimum Gasteiger partial charge on any atom is -0.497 e. The fourth-order valence-corrected chi connectivity index (χ4v) is 2.97.